The minimum absolute atomic E-state index is 0.161. The fourth-order valence-corrected chi connectivity index (χ4v) is 3.47. The quantitative estimate of drug-likeness (QED) is 0.591. The molecule has 3 rings (SSSR count). The fourth-order valence-electron chi connectivity index (χ4n) is 3.47. The van der Waals surface area contributed by atoms with Gasteiger partial charge in [0.1, 0.15) is 5.76 Å². The maximum atomic E-state index is 11.1. The number of hydrogen-bond donors (Lipinski definition) is 2. The maximum Gasteiger partial charge on any atom is 0.284 e. The third-order valence-corrected chi connectivity index (χ3v) is 4.98. The molecule has 7 nitrogen and oxygen atoms in total. The Bertz CT molecular complexity index is 806. The zero-order valence-corrected chi connectivity index (χ0v) is 16.6. The van der Waals surface area contributed by atoms with Crippen LogP contribution in [0.1, 0.15) is 41.1 Å². The van der Waals surface area contributed by atoms with Gasteiger partial charge in [-0.15, -0.1) is 0 Å². The minimum Gasteiger partial charge on any atom is -0.454 e. The summed E-state index contributed by atoms with van der Waals surface area (Å²) < 4.78 is 5.39. The Morgan fingerprint density at radius 2 is 1.89 bits per heavy atom. The molecular weight excluding hydrogens is 354 g/mol. The summed E-state index contributed by atoms with van der Waals surface area (Å²) in [6.45, 7) is 3.48. The molecule has 2 aromatic rings. The fraction of sp³-hybridized carbons (Fsp3) is 0.429. The zero-order valence-electron chi connectivity index (χ0n) is 16.6. The molecule has 0 radical (unpaired) electrons. The van der Waals surface area contributed by atoms with Crippen LogP contribution in [0.5, 0.6) is 0 Å². The smallest absolute Gasteiger partial charge is 0.284 e. The Labute approximate surface area is 166 Å². The number of anilines is 1. The summed E-state index contributed by atoms with van der Waals surface area (Å²) in [5.41, 5.74) is 7.74. The lowest BCUT2D eigenvalue weighted by Crippen LogP contribution is -2.38. The van der Waals surface area contributed by atoms with Crippen molar-refractivity contribution in [3.05, 3.63) is 53.5 Å². The van der Waals surface area contributed by atoms with Crippen molar-refractivity contribution in [3.8, 4) is 0 Å². The highest BCUT2D eigenvalue weighted by Crippen LogP contribution is 2.20. The van der Waals surface area contributed by atoms with Crippen molar-refractivity contribution < 1.29 is 9.21 Å². The molecule has 2 heterocycles. The molecule has 1 amide bonds. The first-order valence-corrected chi connectivity index (χ1v) is 9.71. The number of nitrogens with zero attached hydrogens (tertiary/aromatic N) is 3. The lowest BCUT2D eigenvalue weighted by molar-refractivity contribution is 0.0972. The van der Waals surface area contributed by atoms with Gasteiger partial charge in [-0.25, -0.2) is 0 Å². The number of carbonyl (C=O) groups is 1. The van der Waals surface area contributed by atoms with Gasteiger partial charge in [-0.1, -0.05) is 12.1 Å². The number of carbonyl (C=O) groups excluding carboxylic acids is 1. The second-order valence-electron chi connectivity index (χ2n) is 7.10. The van der Waals surface area contributed by atoms with Crippen LogP contribution in [0.2, 0.25) is 0 Å². The number of piperidine rings is 1. The first-order chi connectivity index (χ1) is 13.6. The molecule has 7 heteroatoms. The van der Waals surface area contributed by atoms with Crippen LogP contribution in [-0.4, -0.2) is 44.0 Å². The van der Waals surface area contributed by atoms with E-state index in [-0.39, 0.29) is 5.76 Å². The number of hydrogen-bond acceptors (Lipinski definition) is 4. The topological polar surface area (TPSA) is 87.1 Å². The van der Waals surface area contributed by atoms with Crippen LogP contribution in [0, 0.1) is 0 Å². The largest absolute Gasteiger partial charge is 0.454 e. The molecule has 0 unspecified atom stereocenters. The number of guanidine groups is 1. The van der Waals surface area contributed by atoms with Crippen LogP contribution >= 0.6 is 0 Å². The van der Waals surface area contributed by atoms with Gasteiger partial charge in [-0.2, -0.15) is 0 Å². The van der Waals surface area contributed by atoms with Crippen molar-refractivity contribution in [1.82, 2.24) is 10.2 Å². The zero-order chi connectivity index (χ0) is 19.9. The summed E-state index contributed by atoms with van der Waals surface area (Å²) in [5.74, 6) is 0.973. The predicted octanol–water partition coefficient (Wildman–Crippen LogP) is 2.58. The van der Waals surface area contributed by atoms with Crippen LogP contribution in [0.3, 0.4) is 0 Å². The molecule has 3 N–H and O–H groups in total. The highest BCUT2D eigenvalue weighted by atomic mass is 16.3. The molecule has 0 bridgehead atoms. The molecule has 150 valence electrons. The maximum absolute atomic E-state index is 11.1. The molecular formula is C21H29N5O2. The highest BCUT2D eigenvalue weighted by Gasteiger charge is 2.12. The van der Waals surface area contributed by atoms with Crippen molar-refractivity contribution in [1.29, 1.82) is 0 Å². The Kier molecular flexibility index (Phi) is 6.57. The monoisotopic (exact) mass is 383 g/mol. The Morgan fingerprint density at radius 3 is 2.50 bits per heavy atom. The second-order valence-corrected chi connectivity index (χ2v) is 7.10. The molecule has 28 heavy (non-hydrogen) atoms. The Balaban J connectivity index is 1.54. The van der Waals surface area contributed by atoms with E-state index < -0.39 is 5.91 Å². The molecule has 1 aliphatic heterocycles. The number of rotatable bonds is 6. The number of amides is 1. The molecule has 0 atom stereocenters. The van der Waals surface area contributed by atoms with E-state index in [1.165, 1.54) is 30.5 Å². The van der Waals surface area contributed by atoms with Crippen LogP contribution in [0.4, 0.5) is 5.69 Å². The van der Waals surface area contributed by atoms with Crippen molar-refractivity contribution in [3.63, 3.8) is 0 Å². The lowest BCUT2D eigenvalue weighted by atomic mass is 10.1. The molecule has 0 aliphatic carbocycles. The van der Waals surface area contributed by atoms with Crippen LogP contribution < -0.4 is 16.0 Å². The summed E-state index contributed by atoms with van der Waals surface area (Å²) >= 11 is 0. The number of nitrogens with one attached hydrogen (secondary N) is 1. The lowest BCUT2D eigenvalue weighted by Gasteiger charge is -2.29. The molecule has 0 saturated carbocycles. The van der Waals surface area contributed by atoms with E-state index in [9.17, 15) is 4.79 Å². The molecule has 1 aliphatic rings. The Hall–Kier alpha value is -2.96. The SMILES string of the molecule is CN=C(NCc1ccc(C(N)=O)o1)N(C)Cc1ccc(N2CCCCC2)cc1. The third-order valence-electron chi connectivity index (χ3n) is 4.98. The first-order valence-electron chi connectivity index (χ1n) is 9.71. The standard InChI is InChI=1S/C21H29N5O2/c1-23-21(24-14-18-10-11-19(28-18)20(22)27)25(2)15-16-6-8-17(9-7-16)26-12-4-3-5-13-26/h6-11H,3-5,12-15H2,1-2H3,(H2,22,27)(H,23,24). The minimum atomic E-state index is -0.569. The Morgan fingerprint density at radius 1 is 1.18 bits per heavy atom. The normalized spacial score (nSPS) is 14.8. The van der Waals surface area contributed by atoms with Gasteiger partial charge in [0, 0.05) is 39.4 Å². The van der Waals surface area contributed by atoms with E-state index in [1.54, 1.807) is 19.2 Å². The van der Waals surface area contributed by atoms with Gasteiger partial charge in [0.05, 0.1) is 6.54 Å². The van der Waals surface area contributed by atoms with Crippen LogP contribution in [-0.2, 0) is 13.1 Å². The van der Waals surface area contributed by atoms with Crippen LogP contribution in [0.25, 0.3) is 0 Å². The van der Waals surface area contributed by atoms with E-state index >= 15 is 0 Å². The van der Waals surface area contributed by atoms with Gasteiger partial charge in [-0.3, -0.25) is 9.79 Å². The van der Waals surface area contributed by atoms with Gasteiger partial charge in [0.2, 0.25) is 0 Å². The average molecular weight is 383 g/mol. The number of nitrogens with two attached hydrogens (primary N) is 1. The van der Waals surface area contributed by atoms with Gasteiger partial charge >= 0.3 is 0 Å². The highest BCUT2D eigenvalue weighted by molar-refractivity contribution is 5.89. The molecule has 0 spiro atoms. The molecule has 1 aromatic heterocycles. The number of aliphatic imine (C=N–C) groups is 1. The summed E-state index contributed by atoms with van der Waals surface area (Å²) in [7, 11) is 3.74. The van der Waals surface area contributed by atoms with Crippen molar-refractivity contribution in [2.45, 2.75) is 32.4 Å². The van der Waals surface area contributed by atoms with E-state index in [1.807, 2.05) is 11.9 Å². The summed E-state index contributed by atoms with van der Waals surface area (Å²) in [6.07, 6.45) is 3.90. The summed E-state index contributed by atoms with van der Waals surface area (Å²) in [4.78, 5) is 19.9. The van der Waals surface area contributed by atoms with E-state index in [2.05, 4.69) is 39.5 Å². The van der Waals surface area contributed by atoms with Crippen molar-refractivity contribution in [2.75, 3.05) is 32.1 Å². The van der Waals surface area contributed by atoms with Gasteiger partial charge in [0.25, 0.3) is 5.91 Å². The van der Waals surface area contributed by atoms with E-state index in [4.69, 9.17) is 10.2 Å². The second kappa shape index (κ2) is 9.30. The molecule has 1 saturated heterocycles. The molecule has 1 aromatic carbocycles. The summed E-state index contributed by atoms with van der Waals surface area (Å²) in [5, 5.41) is 3.24. The van der Waals surface area contributed by atoms with E-state index in [0.29, 0.717) is 12.3 Å². The summed E-state index contributed by atoms with van der Waals surface area (Å²) in [6, 6.07) is 12.1. The van der Waals surface area contributed by atoms with Crippen LogP contribution in [0.15, 0.2) is 45.8 Å². The predicted molar refractivity (Wildman–Crippen MR) is 111 cm³/mol. The number of benzene rings is 1. The van der Waals surface area contributed by atoms with Gasteiger partial charge < -0.3 is 25.3 Å². The van der Waals surface area contributed by atoms with Crippen molar-refractivity contribution in [2.24, 2.45) is 10.7 Å². The third kappa shape index (κ3) is 5.06. The number of furan rings is 1. The molecule has 1 fully saturated rings. The van der Waals surface area contributed by atoms with E-state index in [0.717, 1.165) is 25.6 Å². The van der Waals surface area contributed by atoms with Crippen molar-refractivity contribution >= 4 is 17.6 Å². The first kappa shape index (κ1) is 19.8. The average Bonchev–Trinajstić information content (AvgIpc) is 3.19. The van der Waals surface area contributed by atoms with Gasteiger partial charge in [0.15, 0.2) is 11.7 Å². The van der Waals surface area contributed by atoms with Gasteiger partial charge in [-0.05, 0) is 49.1 Å². The number of primary amides is 1.